The molecule has 1 aromatic carbocycles. The first-order chi connectivity index (χ1) is 9.62. The van der Waals surface area contributed by atoms with E-state index in [4.69, 9.17) is 5.73 Å². The van der Waals surface area contributed by atoms with Crippen molar-refractivity contribution in [3.05, 3.63) is 29.8 Å². The van der Waals surface area contributed by atoms with E-state index >= 15 is 0 Å². The van der Waals surface area contributed by atoms with Crippen molar-refractivity contribution in [1.82, 2.24) is 0 Å². The minimum atomic E-state index is -5.35. The van der Waals surface area contributed by atoms with Crippen molar-refractivity contribution in [3.63, 3.8) is 0 Å². The van der Waals surface area contributed by atoms with Gasteiger partial charge in [-0.2, -0.15) is 17.6 Å². The molecule has 0 heterocycles. The van der Waals surface area contributed by atoms with Gasteiger partial charge >= 0.3 is 19.2 Å². The van der Waals surface area contributed by atoms with Crippen LogP contribution in [-0.4, -0.2) is 18.9 Å². The summed E-state index contributed by atoms with van der Waals surface area (Å²) >= 11 is 0. The lowest BCUT2D eigenvalue weighted by Gasteiger charge is -2.31. The van der Waals surface area contributed by atoms with Gasteiger partial charge in [0.1, 0.15) is 0 Å². The number of nitrogens with two attached hydrogens (primary N) is 1. The van der Waals surface area contributed by atoms with Crippen LogP contribution in [0.2, 0.25) is 0 Å². The molecular formula is C12H16F4NO3P. The van der Waals surface area contributed by atoms with Gasteiger partial charge in [-0.3, -0.25) is 4.57 Å². The van der Waals surface area contributed by atoms with Gasteiger partial charge in [0.15, 0.2) is 0 Å². The number of alkyl halides is 4. The van der Waals surface area contributed by atoms with Gasteiger partial charge in [0.05, 0.1) is 13.2 Å². The van der Waals surface area contributed by atoms with Crippen molar-refractivity contribution in [2.24, 2.45) is 0 Å². The minimum absolute atomic E-state index is 0.120. The van der Waals surface area contributed by atoms with Crippen molar-refractivity contribution in [1.29, 1.82) is 0 Å². The van der Waals surface area contributed by atoms with Gasteiger partial charge in [0.25, 0.3) is 0 Å². The fourth-order valence-corrected chi connectivity index (χ4v) is 3.17. The van der Waals surface area contributed by atoms with Gasteiger partial charge in [0, 0.05) is 11.3 Å². The lowest BCUT2D eigenvalue weighted by Crippen LogP contribution is -2.39. The van der Waals surface area contributed by atoms with Gasteiger partial charge in [-0.25, -0.2) is 0 Å². The third-order valence-corrected chi connectivity index (χ3v) is 4.73. The average molecular weight is 329 g/mol. The molecule has 0 atom stereocenters. The monoisotopic (exact) mass is 329 g/mol. The lowest BCUT2D eigenvalue weighted by atomic mass is 10.1. The van der Waals surface area contributed by atoms with Crippen LogP contribution >= 0.6 is 7.60 Å². The van der Waals surface area contributed by atoms with E-state index < -0.39 is 38.0 Å². The molecule has 0 unspecified atom stereocenters. The number of halogens is 4. The Morgan fingerprint density at radius 1 is 1.14 bits per heavy atom. The van der Waals surface area contributed by atoms with E-state index in [2.05, 4.69) is 9.05 Å². The van der Waals surface area contributed by atoms with Crippen molar-refractivity contribution < 1.29 is 31.2 Å². The van der Waals surface area contributed by atoms with Crippen LogP contribution in [0, 0.1) is 0 Å². The summed E-state index contributed by atoms with van der Waals surface area (Å²) in [4.78, 5) is 0. The van der Waals surface area contributed by atoms with Crippen LogP contribution in [0.15, 0.2) is 24.3 Å². The summed E-state index contributed by atoms with van der Waals surface area (Å²) < 4.78 is 77.2. The van der Waals surface area contributed by atoms with Crippen LogP contribution in [0.4, 0.5) is 23.2 Å². The molecule has 1 aromatic rings. The second-order valence-corrected chi connectivity index (χ2v) is 6.15. The molecule has 0 saturated carbocycles. The summed E-state index contributed by atoms with van der Waals surface area (Å²) in [5.41, 5.74) is -0.895. The van der Waals surface area contributed by atoms with Crippen molar-refractivity contribution in [3.8, 4) is 0 Å². The summed E-state index contributed by atoms with van der Waals surface area (Å²) in [7, 11) is -5.35. The topological polar surface area (TPSA) is 61.5 Å². The maximum Gasteiger partial charge on any atom is 0.411 e. The number of anilines is 1. The molecule has 0 spiro atoms. The SMILES string of the molecule is CCOP(=O)(OCC)C(F)(F)C(F)(F)c1cccc(N)c1. The Hall–Kier alpha value is -1.11. The molecule has 1 rings (SSSR count). The molecule has 0 aliphatic heterocycles. The highest BCUT2D eigenvalue weighted by Gasteiger charge is 2.70. The van der Waals surface area contributed by atoms with Crippen LogP contribution in [-0.2, 0) is 19.5 Å². The third-order valence-electron chi connectivity index (χ3n) is 2.57. The molecule has 120 valence electrons. The van der Waals surface area contributed by atoms with Crippen LogP contribution in [0.25, 0.3) is 0 Å². The highest BCUT2D eigenvalue weighted by molar-refractivity contribution is 7.55. The van der Waals surface area contributed by atoms with Gasteiger partial charge < -0.3 is 14.8 Å². The third kappa shape index (κ3) is 3.22. The Balaban J connectivity index is 3.34. The molecule has 0 aliphatic carbocycles. The fourth-order valence-electron chi connectivity index (χ4n) is 1.62. The van der Waals surface area contributed by atoms with Crippen LogP contribution in [0.1, 0.15) is 19.4 Å². The lowest BCUT2D eigenvalue weighted by molar-refractivity contribution is -0.177. The van der Waals surface area contributed by atoms with Crippen molar-refractivity contribution >= 4 is 13.3 Å². The van der Waals surface area contributed by atoms with E-state index in [0.29, 0.717) is 6.07 Å². The average Bonchev–Trinajstić information content (AvgIpc) is 2.38. The number of hydrogen-bond donors (Lipinski definition) is 1. The second kappa shape index (κ2) is 6.34. The number of hydrogen-bond acceptors (Lipinski definition) is 4. The Kier molecular flexibility index (Phi) is 5.41. The first-order valence-corrected chi connectivity index (χ1v) is 7.67. The summed E-state index contributed by atoms with van der Waals surface area (Å²) in [6.45, 7) is 1.58. The number of benzene rings is 1. The molecule has 2 N–H and O–H groups in total. The zero-order valence-electron chi connectivity index (χ0n) is 11.5. The predicted molar refractivity (Wildman–Crippen MR) is 70.6 cm³/mol. The highest BCUT2D eigenvalue weighted by atomic mass is 31.2. The van der Waals surface area contributed by atoms with Crippen LogP contribution in [0.5, 0.6) is 0 Å². The molecule has 0 bridgehead atoms. The second-order valence-electron chi connectivity index (χ2n) is 4.07. The van der Waals surface area contributed by atoms with Crippen LogP contribution in [0.3, 0.4) is 0 Å². The van der Waals surface area contributed by atoms with E-state index in [1.165, 1.54) is 19.9 Å². The molecule has 0 aromatic heterocycles. The number of rotatable bonds is 7. The van der Waals surface area contributed by atoms with Gasteiger partial charge in [0.2, 0.25) is 0 Å². The molecular weight excluding hydrogens is 313 g/mol. The standard InChI is InChI=1S/C12H16F4NO3P/c1-3-19-21(18,20-4-2)12(15,16)11(13,14)9-6-5-7-10(17)8-9/h5-8H,3-4,17H2,1-2H3. The van der Waals surface area contributed by atoms with Crippen molar-refractivity contribution in [2.75, 3.05) is 18.9 Å². The summed E-state index contributed by atoms with van der Waals surface area (Å²) in [6.07, 6.45) is 0. The molecule has 0 aliphatic rings. The first kappa shape index (κ1) is 17.9. The Morgan fingerprint density at radius 3 is 2.10 bits per heavy atom. The molecule has 0 saturated heterocycles. The van der Waals surface area contributed by atoms with E-state index in [1.807, 2.05) is 0 Å². The zero-order chi connectivity index (χ0) is 16.3. The molecule has 21 heavy (non-hydrogen) atoms. The first-order valence-electron chi connectivity index (χ1n) is 6.13. The predicted octanol–water partition coefficient (Wildman–Crippen LogP) is 4.22. The van der Waals surface area contributed by atoms with Crippen LogP contribution < -0.4 is 5.73 Å². The smallest absolute Gasteiger partial charge is 0.399 e. The van der Waals surface area contributed by atoms with E-state index in [-0.39, 0.29) is 5.69 Å². The van der Waals surface area contributed by atoms with E-state index in [9.17, 15) is 22.1 Å². The minimum Gasteiger partial charge on any atom is -0.399 e. The molecule has 0 radical (unpaired) electrons. The maximum atomic E-state index is 14.1. The summed E-state index contributed by atoms with van der Waals surface area (Å²) in [5.74, 6) is -4.76. The Bertz CT molecular complexity index is 529. The largest absolute Gasteiger partial charge is 0.411 e. The zero-order valence-corrected chi connectivity index (χ0v) is 12.4. The maximum absolute atomic E-state index is 14.1. The quantitative estimate of drug-likeness (QED) is 0.462. The summed E-state index contributed by atoms with van der Waals surface area (Å²) in [5, 5.41) is 0. The van der Waals surface area contributed by atoms with E-state index in [0.717, 1.165) is 12.1 Å². The fraction of sp³-hybridized carbons (Fsp3) is 0.500. The molecule has 0 amide bonds. The Labute approximate surface area is 119 Å². The molecule has 0 fully saturated rings. The van der Waals surface area contributed by atoms with Crippen molar-refractivity contribution in [2.45, 2.75) is 25.4 Å². The molecule has 4 nitrogen and oxygen atoms in total. The molecule has 9 heteroatoms. The number of nitrogen functional groups attached to an aromatic ring is 1. The highest BCUT2D eigenvalue weighted by Crippen LogP contribution is 2.69. The normalized spacial score (nSPS) is 13.4. The Morgan fingerprint density at radius 2 is 1.67 bits per heavy atom. The van der Waals surface area contributed by atoms with E-state index in [1.54, 1.807) is 0 Å². The van der Waals surface area contributed by atoms with Gasteiger partial charge in [-0.15, -0.1) is 0 Å². The van der Waals surface area contributed by atoms with Gasteiger partial charge in [-0.1, -0.05) is 12.1 Å². The summed E-state index contributed by atoms with van der Waals surface area (Å²) in [6, 6.07) is 3.83. The van der Waals surface area contributed by atoms with Gasteiger partial charge in [-0.05, 0) is 26.0 Å².